The molecule has 0 bridgehead atoms. The summed E-state index contributed by atoms with van der Waals surface area (Å²) in [6.07, 6.45) is -0.757. The van der Waals surface area contributed by atoms with E-state index in [4.69, 9.17) is 5.73 Å². The lowest BCUT2D eigenvalue weighted by atomic mass is 10.1. The number of aromatic nitrogens is 2. The number of aliphatic hydroxyl groups excluding tert-OH is 1. The number of rotatable bonds is 3. The maximum atomic E-state index is 9.51. The van der Waals surface area contributed by atoms with E-state index >= 15 is 0 Å². The number of aliphatic hydroxyl groups is 1. The molecule has 1 aromatic heterocycles. The van der Waals surface area contributed by atoms with E-state index in [1.54, 1.807) is 0 Å². The normalized spacial score (nSPS) is 13.3. The van der Waals surface area contributed by atoms with Crippen LogP contribution in [0.3, 0.4) is 0 Å². The van der Waals surface area contributed by atoms with Crippen molar-refractivity contribution in [3.8, 4) is 0 Å². The summed E-state index contributed by atoms with van der Waals surface area (Å²) >= 11 is 0. The summed E-state index contributed by atoms with van der Waals surface area (Å²) in [7, 11) is 0. The van der Waals surface area contributed by atoms with Gasteiger partial charge in [-0.05, 0) is 18.9 Å². The van der Waals surface area contributed by atoms with Crippen molar-refractivity contribution in [2.45, 2.75) is 32.8 Å². The first kappa shape index (κ1) is 11.1. The minimum atomic E-state index is -0.757. The second kappa shape index (κ2) is 4.48. The SMILES string of the molecule is Cc1cc(C(C)C)nc(C(O)CN)n1. The van der Waals surface area contributed by atoms with Gasteiger partial charge in [0.2, 0.25) is 0 Å². The van der Waals surface area contributed by atoms with Gasteiger partial charge in [0.25, 0.3) is 0 Å². The zero-order chi connectivity index (χ0) is 10.7. The molecular weight excluding hydrogens is 178 g/mol. The first-order chi connectivity index (χ1) is 6.54. The Morgan fingerprint density at radius 1 is 1.43 bits per heavy atom. The molecule has 0 amide bonds. The highest BCUT2D eigenvalue weighted by Gasteiger charge is 2.11. The molecule has 78 valence electrons. The van der Waals surface area contributed by atoms with Crippen molar-refractivity contribution in [3.05, 3.63) is 23.3 Å². The minimum Gasteiger partial charge on any atom is -0.384 e. The average Bonchev–Trinajstić information content (AvgIpc) is 2.15. The Bertz CT molecular complexity index is 312. The topological polar surface area (TPSA) is 72.0 Å². The van der Waals surface area contributed by atoms with Crippen molar-refractivity contribution in [3.63, 3.8) is 0 Å². The molecule has 0 aliphatic rings. The van der Waals surface area contributed by atoms with Gasteiger partial charge < -0.3 is 10.8 Å². The number of hydrogen-bond acceptors (Lipinski definition) is 4. The molecule has 4 nitrogen and oxygen atoms in total. The van der Waals surface area contributed by atoms with Gasteiger partial charge in [-0.1, -0.05) is 13.8 Å². The quantitative estimate of drug-likeness (QED) is 0.751. The van der Waals surface area contributed by atoms with Crippen molar-refractivity contribution in [2.75, 3.05) is 6.54 Å². The summed E-state index contributed by atoms with van der Waals surface area (Å²) in [5.74, 6) is 0.761. The van der Waals surface area contributed by atoms with Crippen LogP contribution in [-0.4, -0.2) is 21.6 Å². The summed E-state index contributed by atoms with van der Waals surface area (Å²) in [6.45, 7) is 6.15. The van der Waals surface area contributed by atoms with Gasteiger partial charge in [0, 0.05) is 17.9 Å². The number of nitrogens with two attached hydrogens (primary N) is 1. The van der Waals surface area contributed by atoms with Gasteiger partial charge in [0.05, 0.1) is 0 Å². The second-order valence-electron chi connectivity index (χ2n) is 3.70. The molecule has 0 fully saturated rings. The van der Waals surface area contributed by atoms with Crippen LogP contribution >= 0.6 is 0 Å². The molecule has 0 saturated carbocycles. The van der Waals surface area contributed by atoms with E-state index in [-0.39, 0.29) is 6.54 Å². The van der Waals surface area contributed by atoms with Crippen LogP contribution < -0.4 is 5.73 Å². The van der Waals surface area contributed by atoms with Crippen molar-refractivity contribution >= 4 is 0 Å². The number of aryl methyl sites for hydroxylation is 1. The number of nitrogens with zero attached hydrogens (tertiary/aromatic N) is 2. The Hall–Kier alpha value is -1.00. The van der Waals surface area contributed by atoms with E-state index in [9.17, 15) is 5.11 Å². The minimum absolute atomic E-state index is 0.154. The highest BCUT2D eigenvalue weighted by Crippen LogP contribution is 2.15. The third-order valence-electron chi connectivity index (χ3n) is 2.00. The first-order valence-corrected chi connectivity index (χ1v) is 4.78. The van der Waals surface area contributed by atoms with E-state index in [1.807, 2.05) is 13.0 Å². The monoisotopic (exact) mass is 195 g/mol. The fraction of sp³-hybridized carbons (Fsp3) is 0.600. The lowest BCUT2D eigenvalue weighted by molar-refractivity contribution is 0.176. The van der Waals surface area contributed by atoms with Gasteiger partial charge in [-0.15, -0.1) is 0 Å². The molecule has 14 heavy (non-hydrogen) atoms. The van der Waals surface area contributed by atoms with Gasteiger partial charge in [-0.3, -0.25) is 0 Å². The van der Waals surface area contributed by atoms with Crippen molar-refractivity contribution in [2.24, 2.45) is 5.73 Å². The molecule has 0 spiro atoms. The molecule has 1 atom stereocenters. The van der Waals surface area contributed by atoms with Gasteiger partial charge in [0.15, 0.2) is 5.82 Å². The molecule has 0 aromatic carbocycles. The molecule has 1 aromatic rings. The summed E-state index contributed by atoms with van der Waals surface area (Å²) in [4.78, 5) is 8.41. The summed E-state index contributed by atoms with van der Waals surface area (Å²) in [5, 5.41) is 9.51. The van der Waals surface area contributed by atoms with Gasteiger partial charge in [-0.25, -0.2) is 9.97 Å². The molecule has 3 N–H and O–H groups in total. The van der Waals surface area contributed by atoms with Crippen molar-refractivity contribution in [1.29, 1.82) is 0 Å². The van der Waals surface area contributed by atoms with Crippen LogP contribution in [0.4, 0.5) is 0 Å². The van der Waals surface area contributed by atoms with E-state index in [0.717, 1.165) is 11.4 Å². The predicted octanol–water partition coefficient (Wildman–Crippen LogP) is 0.901. The third kappa shape index (κ3) is 2.49. The molecule has 0 saturated heterocycles. The van der Waals surface area contributed by atoms with Crippen molar-refractivity contribution in [1.82, 2.24) is 9.97 Å². The lowest BCUT2D eigenvalue weighted by Crippen LogP contribution is -2.16. The molecule has 0 aliphatic heterocycles. The molecule has 4 heteroatoms. The molecule has 1 rings (SSSR count). The van der Waals surface area contributed by atoms with Crippen LogP contribution in [0.15, 0.2) is 6.07 Å². The maximum Gasteiger partial charge on any atom is 0.158 e. The molecule has 0 radical (unpaired) electrons. The van der Waals surface area contributed by atoms with Crippen molar-refractivity contribution < 1.29 is 5.11 Å². The predicted molar refractivity (Wildman–Crippen MR) is 54.9 cm³/mol. The summed E-state index contributed by atoms with van der Waals surface area (Å²) in [5.41, 5.74) is 7.16. The van der Waals surface area contributed by atoms with Gasteiger partial charge in [0.1, 0.15) is 6.10 Å². The molecule has 0 aliphatic carbocycles. The van der Waals surface area contributed by atoms with Gasteiger partial charge in [-0.2, -0.15) is 0 Å². The fourth-order valence-corrected chi connectivity index (χ4v) is 1.17. The van der Waals surface area contributed by atoms with E-state index in [1.165, 1.54) is 0 Å². The Morgan fingerprint density at radius 3 is 2.57 bits per heavy atom. The Balaban J connectivity index is 3.07. The average molecular weight is 195 g/mol. The van der Waals surface area contributed by atoms with Crippen LogP contribution in [0, 0.1) is 6.92 Å². The van der Waals surface area contributed by atoms with Crippen LogP contribution in [0.25, 0.3) is 0 Å². The second-order valence-corrected chi connectivity index (χ2v) is 3.70. The van der Waals surface area contributed by atoms with Crippen LogP contribution in [-0.2, 0) is 0 Å². The summed E-state index contributed by atoms with van der Waals surface area (Å²) < 4.78 is 0. The molecule has 1 heterocycles. The molecule has 1 unspecified atom stereocenters. The largest absolute Gasteiger partial charge is 0.384 e. The maximum absolute atomic E-state index is 9.51. The first-order valence-electron chi connectivity index (χ1n) is 4.78. The van der Waals surface area contributed by atoms with E-state index in [2.05, 4.69) is 23.8 Å². The van der Waals surface area contributed by atoms with Crippen LogP contribution in [0.5, 0.6) is 0 Å². The highest BCUT2D eigenvalue weighted by molar-refractivity contribution is 5.14. The Morgan fingerprint density at radius 2 is 2.07 bits per heavy atom. The van der Waals surface area contributed by atoms with Crippen LogP contribution in [0.1, 0.15) is 43.1 Å². The third-order valence-corrected chi connectivity index (χ3v) is 2.00. The lowest BCUT2D eigenvalue weighted by Gasteiger charge is -2.11. The smallest absolute Gasteiger partial charge is 0.158 e. The highest BCUT2D eigenvalue weighted by atomic mass is 16.3. The Labute approximate surface area is 84.2 Å². The summed E-state index contributed by atoms with van der Waals surface area (Å²) in [6, 6.07) is 1.93. The zero-order valence-corrected chi connectivity index (χ0v) is 8.86. The van der Waals surface area contributed by atoms with Crippen LogP contribution in [0.2, 0.25) is 0 Å². The Kier molecular flexibility index (Phi) is 3.55. The molecular formula is C10H17N3O. The fourth-order valence-electron chi connectivity index (χ4n) is 1.17. The van der Waals surface area contributed by atoms with E-state index in [0.29, 0.717) is 11.7 Å². The zero-order valence-electron chi connectivity index (χ0n) is 8.86. The van der Waals surface area contributed by atoms with Gasteiger partial charge >= 0.3 is 0 Å². The number of hydrogen-bond donors (Lipinski definition) is 2. The standard InChI is InChI=1S/C10H17N3O/c1-6(2)8-4-7(3)12-10(13-8)9(14)5-11/h4,6,9,14H,5,11H2,1-3H3. The van der Waals surface area contributed by atoms with E-state index < -0.39 is 6.10 Å².